The van der Waals surface area contributed by atoms with Crippen molar-refractivity contribution in [2.24, 2.45) is 5.92 Å². The summed E-state index contributed by atoms with van der Waals surface area (Å²) >= 11 is 0. The van der Waals surface area contributed by atoms with Crippen LogP contribution in [0.2, 0.25) is 0 Å². The quantitative estimate of drug-likeness (QED) is 0.458. The predicted octanol–water partition coefficient (Wildman–Crippen LogP) is 0.554. The summed E-state index contributed by atoms with van der Waals surface area (Å²) in [6, 6.07) is 0. The van der Waals surface area contributed by atoms with Crippen molar-refractivity contribution in [3.05, 3.63) is 12.7 Å². The van der Waals surface area contributed by atoms with Gasteiger partial charge < -0.3 is 10.2 Å². The van der Waals surface area contributed by atoms with Crippen LogP contribution in [0, 0.1) is 18.3 Å². The average Bonchev–Trinajstić information content (AvgIpc) is 2.02. The second-order valence-electron chi connectivity index (χ2n) is 2.56. The molecule has 3 atom stereocenters. The summed E-state index contributed by atoms with van der Waals surface area (Å²) in [6.45, 7) is 5.14. The van der Waals surface area contributed by atoms with Crippen molar-refractivity contribution in [3.8, 4) is 12.3 Å². The molecule has 62 valence electrons. The van der Waals surface area contributed by atoms with Crippen LogP contribution in [0.4, 0.5) is 0 Å². The minimum Gasteiger partial charge on any atom is -0.392 e. The van der Waals surface area contributed by atoms with Gasteiger partial charge in [-0.25, -0.2) is 0 Å². The molecule has 0 bridgehead atoms. The molecule has 0 unspecified atom stereocenters. The van der Waals surface area contributed by atoms with Crippen LogP contribution in [0.3, 0.4) is 0 Å². The normalized spacial score (nSPS) is 18.0. The molecule has 0 rings (SSSR count). The summed E-state index contributed by atoms with van der Waals surface area (Å²) in [6.07, 6.45) is 5.33. The van der Waals surface area contributed by atoms with Crippen molar-refractivity contribution in [3.63, 3.8) is 0 Å². The summed E-state index contributed by atoms with van der Waals surface area (Å²) < 4.78 is 0. The number of aliphatic hydroxyl groups excluding tert-OH is 2. The molecule has 0 aromatic carbocycles. The molecule has 0 aliphatic heterocycles. The van der Waals surface area contributed by atoms with E-state index in [1.807, 2.05) is 0 Å². The zero-order chi connectivity index (χ0) is 8.85. The number of terminal acetylenes is 1. The van der Waals surface area contributed by atoms with Gasteiger partial charge in [-0.1, -0.05) is 13.0 Å². The van der Waals surface area contributed by atoms with Gasteiger partial charge in [0.15, 0.2) is 0 Å². The van der Waals surface area contributed by atoms with Gasteiger partial charge in [0, 0.05) is 12.3 Å². The van der Waals surface area contributed by atoms with E-state index < -0.39 is 12.2 Å². The summed E-state index contributed by atoms with van der Waals surface area (Å²) in [5.41, 5.74) is 0. The van der Waals surface area contributed by atoms with Crippen molar-refractivity contribution in [2.75, 3.05) is 0 Å². The summed E-state index contributed by atoms with van der Waals surface area (Å²) in [5.74, 6) is 2.09. The van der Waals surface area contributed by atoms with E-state index in [9.17, 15) is 10.2 Å². The lowest BCUT2D eigenvalue weighted by Gasteiger charge is -2.19. The second kappa shape index (κ2) is 4.95. The Kier molecular flexibility index (Phi) is 4.60. The van der Waals surface area contributed by atoms with Crippen LogP contribution in [-0.4, -0.2) is 22.4 Å². The first-order valence-corrected chi connectivity index (χ1v) is 3.55. The molecule has 11 heavy (non-hydrogen) atoms. The van der Waals surface area contributed by atoms with Crippen LogP contribution in [0.1, 0.15) is 13.3 Å². The van der Waals surface area contributed by atoms with Gasteiger partial charge in [0.2, 0.25) is 0 Å². The van der Waals surface area contributed by atoms with Gasteiger partial charge in [-0.3, -0.25) is 0 Å². The van der Waals surface area contributed by atoms with Gasteiger partial charge in [-0.2, -0.15) is 0 Å². The Morgan fingerprint density at radius 3 is 2.55 bits per heavy atom. The van der Waals surface area contributed by atoms with E-state index in [1.54, 1.807) is 6.92 Å². The molecule has 0 radical (unpaired) electrons. The highest BCUT2D eigenvalue weighted by atomic mass is 16.3. The Morgan fingerprint density at radius 1 is 1.64 bits per heavy atom. The van der Waals surface area contributed by atoms with E-state index in [0.717, 1.165) is 0 Å². The lowest BCUT2D eigenvalue weighted by molar-refractivity contribution is 0.0485. The molecular formula is C9H14O2. The van der Waals surface area contributed by atoms with E-state index in [2.05, 4.69) is 12.5 Å². The first-order valence-electron chi connectivity index (χ1n) is 3.55. The highest BCUT2D eigenvalue weighted by molar-refractivity contribution is 4.92. The zero-order valence-corrected chi connectivity index (χ0v) is 6.70. The van der Waals surface area contributed by atoms with Crippen molar-refractivity contribution in [1.29, 1.82) is 0 Å². The Balaban J connectivity index is 3.91. The number of aliphatic hydroxyl groups is 2. The molecule has 0 spiro atoms. The fraction of sp³-hybridized carbons (Fsp3) is 0.556. The van der Waals surface area contributed by atoms with Crippen LogP contribution in [-0.2, 0) is 0 Å². The molecule has 0 aromatic rings. The number of hydrogen-bond acceptors (Lipinski definition) is 2. The molecule has 0 heterocycles. The highest BCUT2D eigenvalue weighted by Crippen LogP contribution is 2.11. The van der Waals surface area contributed by atoms with E-state index in [0.29, 0.717) is 0 Å². The minimum absolute atomic E-state index is 0.247. The third kappa shape index (κ3) is 3.22. The van der Waals surface area contributed by atoms with E-state index >= 15 is 0 Å². The molecule has 2 nitrogen and oxygen atoms in total. The Bertz CT molecular complexity index is 157. The predicted molar refractivity (Wildman–Crippen MR) is 44.8 cm³/mol. The summed E-state index contributed by atoms with van der Waals surface area (Å²) in [5, 5.41) is 18.4. The first kappa shape index (κ1) is 10.2. The maximum atomic E-state index is 9.27. The third-order valence-corrected chi connectivity index (χ3v) is 1.71. The monoisotopic (exact) mass is 154 g/mol. The fourth-order valence-electron chi connectivity index (χ4n) is 0.749. The smallest absolute Gasteiger partial charge is 0.0768 e. The van der Waals surface area contributed by atoms with Crippen LogP contribution in [0.15, 0.2) is 12.7 Å². The summed E-state index contributed by atoms with van der Waals surface area (Å²) in [4.78, 5) is 0. The first-order chi connectivity index (χ1) is 5.13. The van der Waals surface area contributed by atoms with Crippen LogP contribution >= 0.6 is 0 Å². The molecule has 0 saturated heterocycles. The van der Waals surface area contributed by atoms with Gasteiger partial charge in [0.25, 0.3) is 0 Å². The highest BCUT2D eigenvalue weighted by Gasteiger charge is 2.18. The van der Waals surface area contributed by atoms with Crippen LogP contribution in [0.5, 0.6) is 0 Å². The van der Waals surface area contributed by atoms with Crippen LogP contribution < -0.4 is 0 Å². The lowest BCUT2D eigenvalue weighted by Crippen LogP contribution is -2.27. The Morgan fingerprint density at radius 2 is 2.18 bits per heavy atom. The van der Waals surface area contributed by atoms with Gasteiger partial charge in [-0.05, 0) is 0 Å². The lowest BCUT2D eigenvalue weighted by atomic mass is 9.96. The molecule has 0 aliphatic carbocycles. The number of hydrogen-bond donors (Lipinski definition) is 2. The van der Waals surface area contributed by atoms with Crippen molar-refractivity contribution < 1.29 is 10.2 Å². The van der Waals surface area contributed by atoms with Crippen molar-refractivity contribution >= 4 is 0 Å². The zero-order valence-electron chi connectivity index (χ0n) is 6.70. The van der Waals surface area contributed by atoms with Gasteiger partial charge in [-0.15, -0.1) is 18.9 Å². The van der Waals surface area contributed by atoms with Crippen molar-refractivity contribution in [2.45, 2.75) is 25.6 Å². The maximum absolute atomic E-state index is 9.27. The Labute approximate surface area is 67.6 Å². The molecule has 0 saturated carbocycles. The van der Waals surface area contributed by atoms with Gasteiger partial charge >= 0.3 is 0 Å². The SMILES string of the molecule is C#CC[C@@H](O)[C@H](C)[C@H](O)C=C. The molecule has 0 aliphatic rings. The molecule has 0 amide bonds. The topological polar surface area (TPSA) is 40.5 Å². The molecular weight excluding hydrogens is 140 g/mol. The standard InChI is InChI=1S/C9H14O2/c1-4-6-9(11)7(3)8(10)5-2/h1,5,7-11H,2,6H2,3H3/t7-,8-,9-/m1/s1. The van der Waals surface area contributed by atoms with E-state index in [4.69, 9.17) is 6.42 Å². The molecule has 0 aromatic heterocycles. The van der Waals surface area contributed by atoms with Gasteiger partial charge in [0.05, 0.1) is 12.2 Å². The third-order valence-electron chi connectivity index (χ3n) is 1.71. The largest absolute Gasteiger partial charge is 0.392 e. The van der Waals surface area contributed by atoms with E-state index in [1.165, 1.54) is 6.08 Å². The molecule has 2 N–H and O–H groups in total. The van der Waals surface area contributed by atoms with Gasteiger partial charge in [0.1, 0.15) is 0 Å². The second-order valence-corrected chi connectivity index (χ2v) is 2.56. The Hall–Kier alpha value is -0.780. The molecule has 2 heteroatoms. The fourth-order valence-corrected chi connectivity index (χ4v) is 0.749. The van der Waals surface area contributed by atoms with E-state index in [-0.39, 0.29) is 12.3 Å². The maximum Gasteiger partial charge on any atom is 0.0768 e. The average molecular weight is 154 g/mol. The minimum atomic E-state index is -0.682. The molecule has 0 fully saturated rings. The number of rotatable bonds is 4. The van der Waals surface area contributed by atoms with Crippen molar-refractivity contribution in [1.82, 2.24) is 0 Å². The van der Waals surface area contributed by atoms with Crippen LogP contribution in [0.25, 0.3) is 0 Å². The summed E-state index contributed by atoms with van der Waals surface area (Å²) in [7, 11) is 0.